The third-order valence-corrected chi connectivity index (χ3v) is 6.36. The number of hydrogen-bond donors (Lipinski definition) is 2. The third kappa shape index (κ3) is 6.28. The Morgan fingerprint density at radius 3 is 2.60 bits per heavy atom. The van der Waals surface area contributed by atoms with Crippen molar-refractivity contribution in [3.05, 3.63) is 87.9 Å². The maximum Gasteiger partial charge on any atom is 0.250 e. The van der Waals surface area contributed by atoms with E-state index in [0.717, 1.165) is 28.8 Å². The van der Waals surface area contributed by atoms with Gasteiger partial charge in [-0.3, -0.25) is 10.1 Å². The predicted molar refractivity (Wildman–Crippen MR) is 148 cm³/mol. The number of halogens is 2. The molecule has 8 heteroatoms. The highest BCUT2D eigenvalue weighted by molar-refractivity contribution is 7.80. The lowest BCUT2D eigenvalue weighted by atomic mass is 9.98. The summed E-state index contributed by atoms with van der Waals surface area (Å²) in [5, 5.41) is 6.76. The van der Waals surface area contributed by atoms with E-state index in [9.17, 15) is 4.79 Å². The smallest absolute Gasteiger partial charge is 0.250 e. The molecule has 1 atom stereocenters. The molecule has 0 spiro atoms. The van der Waals surface area contributed by atoms with Gasteiger partial charge in [-0.05, 0) is 90.3 Å². The zero-order valence-electron chi connectivity index (χ0n) is 19.1. The van der Waals surface area contributed by atoms with E-state index in [4.69, 9.17) is 39.8 Å². The van der Waals surface area contributed by atoms with Crippen LogP contribution in [-0.4, -0.2) is 16.0 Å². The van der Waals surface area contributed by atoms with Gasteiger partial charge in [0.1, 0.15) is 5.52 Å². The average Bonchev–Trinajstić information content (AvgIpc) is 3.27. The Labute approximate surface area is 219 Å². The van der Waals surface area contributed by atoms with Gasteiger partial charge in [-0.15, -0.1) is 0 Å². The highest BCUT2D eigenvalue weighted by Gasteiger charge is 2.11. The van der Waals surface area contributed by atoms with Gasteiger partial charge in [0.05, 0.1) is 0 Å². The first-order valence-corrected chi connectivity index (χ1v) is 12.2. The molecule has 0 radical (unpaired) electrons. The van der Waals surface area contributed by atoms with Crippen LogP contribution >= 0.6 is 35.4 Å². The summed E-state index contributed by atoms with van der Waals surface area (Å²) >= 11 is 17.2. The van der Waals surface area contributed by atoms with Crippen molar-refractivity contribution in [2.45, 2.75) is 26.2 Å². The van der Waals surface area contributed by atoms with Crippen LogP contribution in [0.3, 0.4) is 0 Å². The Bertz CT molecular complexity index is 1410. The summed E-state index contributed by atoms with van der Waals surface area (Å²) < 4.78 is 5.94. The number of nitrogens with zero attached hydrogens (tertiary/aromatic N) is 1. The van der Waals surface area contributed by atoms with Crippen molar-refractivity contribution in [1.29, 1.82) is 0 Å². The van der Waals surface area contributed by atoms with E-state index < -0.39 is 0 Å². The number of benzene rings is 3. The molecule has 3 aromatic carbocycles. The molecule has 4 aromatic rings. The lowest BCUT2D eigenvalue weighted by Crippen LogP contribution is -2.32. The van der Waals surface area contributed by atoms with Gasteiger partial charge in [0.15, 0.2) is 10.7 Å². The molecule has 35 heavy (non-hydrogen) atoms. The van der Waals surface area contributed by atoms with Crippen LogP contribution in [0.4, 0.5) is 5.69 Å². The van der Waals surface area contributed by atoms with Gasteiger partial charge in [-0.2, -0.15) is 0 Å². The Balaban J connectivity index is 1.37. The molecule has 0 saturated heterocycles. The summed E-state index contributed by atoms with van der Waals surface area (Å²) in [5.74, 6) is 0.642. The summed E-state index contributed by atoms with van der Waals surface area (Å²) in [4.78, 5) is 16.8. The topological polar surface area (TPSA) is 67.2 Å². The molecule has 0 fully saturated rings. The van der Waals surface area contributed by atoms with E-state index in [0.29, 0.717) is 27.4 Å². The minimum absolute atomic E-state index is 0.175. The van der Waals surface area contributed by atoms with Crippen LogP contribution in [-0.2, 0) is 4.79 Å². The molecule has 1 unspecified atom stereocenters. The Hall–Kier alpha value is -3.19. The first-order chi connectivity index (χ1) is 16.8. The molecule has 0 aliphatic heterocycles. The number of fused-ring (bicyclic) bond motifs is 1. The summed E-state index contributed by atoms with van der Waals surface area (Å²) in [7, 11) is 0. The van der Waals surface area contributed by atoms with Crippen molar-refractivity contribution in [3.8, 4) is 11.5 Å². The number of rotatable bonds is 6. The number of anilines is 1. The number of thiocarbonyl (C=S) groups is 1. The Morgan fingerprint density at radius 1 is 1.11 bits per heavy atom. The van der Waals surface area contributed by atoms with Gasteiger partial charge in [0.25, 0.3) is 0 Å². The fourth-order valence-electron chi connectivity index (χ4n) is 3.42. The van der Waals surface area contributed by atoms with Crippen molar-refractivity contribution < 1.29 is 9.21 Å². The van der Waals surface area contributed by atoms with Crippen LogP contribution in [0.15, 0.2) is 71.2 Å². The first kappa shape index (κ1) is 24.9. The van der Waals surface area contributed by atoms with Gasteiger partial charge in [0, 0.05) is 27.4 Å². The number of nitrogens with one attached hydrogen (secondary N) is 2. The molecule has 4 rings (SSSR count). The van der Waals surface area contributed by atoms with Gasteiger partial charge >= 0.3 is 0 Å². The Kier molecular flexibility index (Phi) is 7.86. The van der Waals surface area contributed by atoms with Gasteiger partial charge in [-0.25, -0.2) is 4.98 Å². The third-order valence-electron chi connectivity index (χ3n) is 5.60. The minimum atomic E-state index is -0.381. The summed E-state index contributed by atoms with van der Waals surface area (Å²) in [5.41, 5.74) is 5.09. The monoisotopic (exact) mass is 523 g/mol. The molecular formula is C27H23Cl2N3O2S. The van der Waals surface area contributed by atoms with E-state index in [1.165, 1.54) is 11.6 Å². The molecule has 2 N–H and O–H groups in total. The van der Waals surface area contributed by atoms with Crippen LogP contribution < -0.4 is 10.6 Å². The molecule has 1 aromatic heterocycles. The molecule has 0 aliphatic carbocycles. The Morgan fingerprint density at radius 2 is 1.89 bits per heavy atom. The lowest BCUT2D eigenvalue weighted by Gasteiger charge is -2.08. The van der Waals surface area contributed by atoms with Crippen molar-refractivity contribution in [1.82, 2.24) is 10.3 Å². The fourth-order valence-corrected chi connectivity index (χ4v) is 4.11. The van der Waals surface area contributed by atoms with E-state index in [1.54, 1.807) is 24.3 Å². The van der Waals surface area contributed by atoms with Crippen molar-refractivity contribution in [3.63, 3.8) is 0 Å². The van der Waals surface area contributed by atoms with Crippen molar-refractivity contribution in [2.24, 2.45) is 0 Å². The zero-order chi connectivity index (χ0) is 24.9. The molecule has 0 saturated carbocycles. The van der Waals surface area contributed by atoms with Crippen LogP contribution in [0.1, 0.15) is 37.3 Å². The average molecular weight is 524 g/mol. The fraction of sp³-hybridized carbons (Fsp3) is 0.148. The largest absolute Gasteiger partial charge is 0.436 e. The maximum atomic E-state index is 12.2. The highest BCUT2D eigenvalue weighted by Crippen LogP contribution is 2.28. The van der Waals surface area contributed by atoms with Gasteiger partial charge in [-0.1, -0.05) is 49.2 Å². The van der Waals surface area contributed by atoms with E-state index in [2.05, 4.69) is 41.6 Å². The van der Waals surface area contributed by atoms with Crippen molar-refractivity contribution in [2.75, 3.05) is 5.32 Å². The molecule has 0 bridgehead atoms. The molecule has 0 aliphatic rings. The highest BCUT2D eigenvalue weighted by atomic mass is 35.5. The van der Waals surface area contributed by atoms with Crippen LogP contribution in [0.25, 0.3) is 28.6 Å². The number of oxazole rings is 1. The van der Waals surface area contributed by atoms with Crippen molar-refractivity contribution >= 4 is 69.3 Å². The number of carbonyl (C=O) groups excluding carboxylic acids is 1. The normalized spacial score (nSPS) is 12.1. The number of hydrogen-bond acceptors (Lipinski definition) is 4. The summed E-state index contributed by atoms with van der Waals surface area (Å²) in [6, 6.07) is 18.6. The van der Waals surface area contributed by atoms with E-state index >= 15 is 0 Å². The summed E-state index contributed by atoms with van der Waals surface area (Å²) in [6.45, 7) is 4.37. The number of amides is 1. The standard InChI is InChI=1S/C27H23Cl2N3O2S/c1-3-16(2)19-7-12-24-23(14-19)31-26(34-24)18-5-10-21(11-6-18)30-27(35)32-25(33)13-8-17-4-9-20(28)15-22(17)29/h4-16H,3H2,1-2H3,(H2,30,32,33,35). The van der Waals surface area contributed by atoms with Gasteiger partial charge < -0.3 is 9.73 Å². The maximum absolute atomic E-state index is 12.2. The molecule has 5 nitrogen and oxygen atoms in total. The zero-order valence-corrected chi connectivity index (χ0v) is 21.5. The van der Waals surface area contributed by atoms with Crippen LogP contribution in [0, 0.1) is 0 Å². The second-order valence-corrected chi connectivity index (χ2v) is 9.33. The molecule has 1 amide bonds. The van der Waals surface area contributed by atoms with Crippen LogP contribution in [0.2, 0.25) is 10.0 Å². The second-order valence-electron chi connectivity index (χ2n) is 8.08. The first-order valence-electron chi connectivity index (χ1n) is 11.1. The lowest BCUT2D eigenvalue weighted by molar-refractivity contribution is -0.115. The van der Waals surface area contributed by atoms with E-state index in [1.807, 2.05) is 30.3 Å². The SMILES string of the molecule is CCC(C)c1ccc2oc(-c3ccc(NC(=S)NC(=O)C=Cc4ccc(Cl)cc4Cl)cc3)nc2c1. The molecule has 178 valence electrons. The molecule has 1 heterocycles. The molecular weight excluding hydrogens is 501 g/mol. The second kappa shape index (κ2) is 11.0. The quantitative estimate of drug-likeness (QED) is 0.199. The summed E-state index contributed by atoms with van der Waals surface area (Å²) in [6.07, 6.45) is 4.02. The minimum Gasteiger partial charge on any atom is -0.436 e. The van der Waals surface area contributed by atoms with Crippen LogP contribution in [0.5, 0.6) is 0 Å². The predicted octanol–water partition coefficient (Wildman–Crippen LogP) is 7.84. The number of carbonyl (C=O) groups is 1. The van der Waals surface area contributed by atoms with Gasteiger partial charge in [0.2, 0.25) is 11.8 Å². The van der Waals surface area contributed by atoms with E-state index in [-0.39, 0.29) is 11.0 Å². The number of aromatic nitrogens is 1.